The summed E-state index contributed by atoms with van der Waals surface area (Å²) < 4.78 is 7.88. The maximum absolute atomic E-state index is 13.2. The Bertz CT molecular complexity index is 871. The molecule has 138 valence electrons. The van der Waals surface area contributed by atoms with E-state index in [0.29, 0.717) is 18.8 Å². The quantitative estimate of drug-likeness (QED) is 0.765. The average Bonchev–Trinajstić information content (AvgIpc) is 3.26. The highest BCUT2D eigenvalue weighted by Crippen LogP contribution is 2.29. The molecule has 1 N–H and O–H groups in total. The second-order valence-corrected chi connectivity index (χ2v) is 6.56. The van der Waals surface area contributed by atoms with Gasteiger partial charge in [0.2, 0.25) is 5.91 Å². The third-order valence-electron chi connectivity index (χ3n) is 4.92. The first-order valence-corrected chi connectivity index (χ1v) is 8.62. The lowest BCUT2D eigenvalue weighted by Gasteiger charge is -2.37. The standard InChI is InChI=1S/C19H22N4O2.ClH/c1-13(17-11-14-5-3-4-6-16(14)25-17)19(24)23-10-7-20-12-15(23)18-21-8-9-22(18)2;/h3-6,8-9,11,13,15,20H,7,10,12H2,1-2H3;1H. The molecule has 6 nitrogen and oxygen atoms in total. The Kier molecular flexibility index (Phi) is 5.34. The highest BCUT2D eigenvalue weighted by atomic mass is 35.5. The minimum Gasteiger partial charge on any atom is -0.460 e. The molecule has 0 bridgehead atoms. The lowest BCUT2D eigenvalue weighted by Crippen LogP contribution is -2.50. The summed E-state index contributed by atoms with van der Waals surface area (Å²) in [7, 11) is 1.96. The summed E-state index contributed by atoms with van der Waals surface area (Å²) >= 11 is 0. The number of aromatic nitrogens is 2. The van der Waals surface area contributed by atoms with Crippen LogP contribution in [0.2, 0.25) is 0 Å². The van der Waals surface area contributed by atoms with Gasteiger partial charge in [-0.3, -0.25) is 4.79 Å². The fourth-order valence-corrected chi connectivity index (χ4v) is 3.48. The molecule has 2 unspecified atom stereocenters. The van der Waals surface area contributed by atoms with Crippen molar-refractivity contribution in [2.75, 3.05) is 19.6 Å². The number of imidazole rings is 1. The number of furan rings is 1. The molecule has 1 aromatic carbocycles. The first-order valence-electron chi connectivity index (χ1n) is 8.62. The summed E-state index contributed by atoms with van der Waals surface area (Å²) in [5.41, 5.74) is 0.818. The van der Waals surface area contributed by atoms with Gasteiger partial charge in [0, 0.05) is 44.5 Å². The molecule has 0 radical (unpaired) electrons. The Morgan fingerprint density at radius 3 is 2.92 bits per heavy atom. The van der Waals surface area contributed by atoms with Crippen LogP contribution in [0.3, 0.4) is 0 Å². The largest absolute Gasteiger partial charge is 0.460 e. The number of nitrogens with zero attached hydrogens (tertiary/aromatic N) is 3. The molecule has 0 spiro atoms. The number of halogens is 1. The molecule has 26 heavy (non-hydrogen) atoms. The van der Waals surface area contributed by atoms with E-state index in [0.717, 1.165) is 23.3 Å². The number of para-hydroxylation sites is 1. The van der Waals surface area contributed by atoms with Crippen LogP contribution in [0.4, 0.5) is 0 Å². The second kappa shape index (κ2) is 7.51. The molecule has 0 aliphatic carbocycles. The Morgan fingerprint density at radius 2 is 2.19 bits per heavy atom. The summed E-state index contributed by atoms with van der Waals surface area (Å²) in [5.74, 6) is 1.36. The first kappa shape index (κ1) is 18.5. The van der Waals surface area contributed by atoms with Gasteiger partial charge in [-0.1, -0.05) is 18.2 Å². The molecular formula is C19H23ClN4O2. The third-order valence-corrected chi connectivity index (χ3v) is 4.92. The van der Waals surface area contributed by atoms with E-state index in [9.17, 15) is 4.79 Å². The van der Waals surface area contributed by atoms with E-state index >= 15 is 0 Å². The fraction of sp³-hybridized carbons (Fsp3) is 0.368. The van der Waals surface area contributed by atoms with Gasteiger partial charge in [-0.2, -0.15) is 0 Å². The summed E-state index contributed by atoms with van der Waals surface area (Å²) in [6, 6.07) is 9.75. The lowest BCUT2D eigenvalue weighted by atomic mass is 10.0. The minimum atomic E-state index is -0.326. The van der Waals surface area contributed by atoms with E-state index in [1.165, 1.54) is 0 Å². The normalized spacial score (nSPS) is 18.5. The molecule has 3 aromatic rings. The number of aryl methyl sites for hydroxylation is 1. The van der Waals surface area contributed by atoms with Crippen molar-refractivity contribution in [3.63, 3.8) is 0 Å². The number of hydrogen-bond donors (Lipinski definition) is 1. The van der Waals surface area contributed by atoms with Crippen LogP contribution in [0.1, 0.15) is 30.5 Å². The predicted octanol–water partition coefficient (Wildman–Crippen LogP) is 2.86. The van der Waals surface area contributed by atoms with Crippen molar-refractivity contribution in [2.45, 2.75) is 18.9 Å². The molecule has 2 atom stereocenters. The second-order valence-electron chi connectivity index (χ2n) is 6.56. The fourth-order valence-electron chi connectivity index (χ4n) is 3.48. The van der Waals surface area contributed by atoms with Crippen LogP contribution < -0.4 is 5.32 Å². The number of hydrogen-bond acceptors (Lipinski definition) is 4. The number of rotatable bonds is 3. The van der Waals surface area contributed by atoms with Gasteiger partial charge in [0.15, 0.2) is 0 Å². The molecule has 3 heterocycles. The van der Waals surface area contributed by atoms with E-state index in [2.05, 4.69) is 10.3 Å². The summed E-state index contributed by atoms with van der Waals surface area (Å²) in [6.45, 7) is 4.08. The van der Waals surface area contributed by atoms with Crippen molar-refractivity contribution < 1.29 is 9.21 Å². The molecule has 1 fully saturated rings. The Labute approximate surface area is 158 Å². The average molecular weight is 375 g/mol. The molecule has 4 rings (SSSR count). The molecule has 1 saturated heterocycles. The van der Waals surface area contributed by atoms with Gasteiger partial charge in [0.05, 0.1) is 5.92 Å². The molecular weight excluding hydrogens is 352 g/mol. The monoisotopic (exact) mass is 374 g/mol. The number of fused-ring (bicyclic) bond motifs is 1. The van der Waals surface area contributed by atoms with Crippen molar-refractivity contribution in [3.05, 3.63) is 54.3 Å². The third kappa shape index (κ3) is 3.22. The molecule has 1 aliphatic heterocycles. The van der Waals surface area contributed by atoms with Crippen molar-refractivity contribution in [2.24, 2.45) is 7.05 Å². The summed E-state index contributed by atoms with van der Waals surface area (Å²) in [6.07, 6.45) is 3.69. The van der Waals surface area contributed by atoms with Crippen LogP contribution >= 0.6 is 12.4 Å². The molecule has 1 amide bonds. The number of carbonyl (C=O) groups is 1. The number of amides is 1. The van der Waals surface area contributed by atoms with E-state index in [4.69, 9.17) is 4.42 Å². The highest BCUT2D eigenvalue weighted by Gasteiger charge is 2.34. The van der Waals surface area contributed by atoms with Crippen molar-refractivity contribution in [3.8, 4) is 0 Å². The van der Waals surface area contributed by atoms with Crippen LogP contribution in [0.25, 0.3) is 11.0 Å². The van der Waals surface area contributed by atoms with Gasteiger partial charge in [-0.25, -0.2) is 4.98 Å². The predicted molar refractivity (Wildman–Crippen MR) is 102 cm³/mol. The Hall–Kier alpha value is -2.31. The van der Waals surface area contributed by atoms with Crippen molar-refractivity contribution >= 4 is 29.3 Å². The first-order chi connectivity index (χ1) is 12.1. The maximum Gasteiger partial charge on any atom is 0.233 e. The van der Waals surface area contributed by atoms with E-state index in [1.54, 1.807) is 6.20 Å². The number of nitrogens with one attached hydrogen (secondary N) is 1. The topological polar surface area (TPSA) is 63.3 Å². The SMILES string of the molecule is CC(C(=O)N1CCNCC1c1nccn1C)c1cc2ccccc2o1.Cl. The van der Waals surface area contributed by atoms with Gasteiger partial charge in [-0.05, 0) is 19.1 Å². The summed E-state index contributed by atoms with van der Waals surface area (Å²) in [5, 5.41) is 4.39. The van der Waals surface area contributed by atoms with Crippen LogP contribution in [-0.2, 0) is 11.8 Å². The Balaban J connectivity index is 0.00000196. The van der Waals surface area contributed by atoms with Crippen LogP contribution in [0.15, 0.2) is 47.1 Å². The van der Waals surface area contributed by atoms with Crippen LogP contribution in [0, 0.1) is 0 Å². The van der Waals surface area contributed by atoms with E-state index in [1.807, 2.05) is 60.0 Å². The van der Waals surface area contributed by atoms with Crippen LogP contribution in [-0.4, -0.2) is 40.0 Å². The van der Waals surface area contributed by atoms with Crippen LogP contribution in [0.5, 0.6) is 0 Å². The van der Waals surface area contributed by atoms with Gasteiger partial charge >= 0.3 is 0 Å². The van der Waals surface area contributed by atoms with Crippen molar-refractivity contribution in [1.29, 1.82) is 0 Å². The van der Waals surface area contributed by atoms with E-state index in [-0.39, 0.29) is 30.3 Å². The molecule has 2 aromatic heterocycles. The zero-order valence-electron chi connectivity index (χ0n) is 14.9. The maximum atomic E-state index is 13.2. The number of benzene rings is 1. The van der Waals surface area contributed by atoms with Gasteiger partial charge in [-0.15, -0.1) is 12.4 Å². The summed E-state index contributed by atoms with van der Waals surface area (Å²) in [4.78, 5) is 19.6. The lowest BCUT2D eigenvalue weighted by molar-refractivity contribution is -0.136. The number of piperazine rings is 1. The molecule has 7 heteroatoms. The van der Waals surface area contributed by atoms with E-state index < -0.39 is 0 Å². The molecule has 1 aliphatic rings. The minimum absolute atomic E-state index is 0. The zero-order valence-corrected chi connectivity index (χ0v) is 15.7. The zero-order chi connectivity index (χ0) is 17.4. The highest BCUT2D eigenvalue weighted by molar-refractivity contribution is 5.86. The van der Waals surface area contributed by atoms with Crippen molar-refractivity contribution in [1.82, 2.24) is 19.8 Å². The van der Waals surface area contributed by atoms with Gasteiger partial charge < -0.3 is 19.2 Å². The smallest absolute Gasteiger partial charge is 0.233 e. The number of carbonyl (C=O) groups excluding carboxylic acids is 1. The molecule has 0 saturated carbocycles. The van der Waals surface area contributed by atoms with Gasteiger partial charge in [0.1, 0.15) is 23.2 Å². The Morgan fingerprint density at radius 1 is 1.38 bits per heavy atom. The van der Waals surface area contributed by atoms with Gasteiger partial charge in [0.25, 0.3) is 0 Å².